The predicted octanol–water partition coefficient (Wildman–Crippen LogP) is 2.25. The lowest BCUT2D eigenvalue weighted by atomic mass is 10.3. The lowest BCUT2D eigenvalue weighted by Crippen LogP contribution is -2.10. The van der Waals surface area contributed by atoms with E-state index in [0.29, 0.717) is 29.4 Å². The van der Waals surface area contributed by atoms with Crippen LogP contribution in [0.25, 0.3) is 16.7 Å². The van der Waals surface area contributed by atoms with E-state index in [9.17, 15) is 4.79 Å². The number of benzene rings is 1. The number of hydrogen-bond acceptors (Lipinski definition) is 6. The van der Waals surface area contributed by atoms with Crippen LogP contribution >= 0.6 is 11.8 Å². The molecule has 0 saturated carbocycles. The average molecular weight is 346 g/mol. The largest absolute Gasteiger partial charge is 0.497 e. The number of rotatable bonds is 7. The van der Waals surface area contributed by atoms with Gasteiger partial charge in [-0.15, -0.1) is 0 Å². The summed E-state index contributed by atoms with van der Waals surface area (Å²) in [5, 5.41) is 5.31. The minimum atomic E-state index is -0.196. The number of fused-ring (bicyclic) bond motifs is 1. The zero-order valence-electron chi connectivity index (χ0n) is 13.5. The molecule has 0 atom stereocenters. The van der Waals surface area contributed by atoms with Gasteiger partial charge in [-0.2, -0.15) is 5.10 Å². The molecule has 0 amide bonds. The third-order valence-electron chi connectivity index (χ3n) is 3.40. The number of nitrogens with one attached hydrogen (secondary N) is 1. The molecule has 24 heavy (non-hydrogen) atoms. The zero-order chi connectivity index (χ0) is 16.9. The summed E-state index contributed by atoms with van der Waals surface area (Å²) in [7, 11) is 1.62. The first-order valence-corrected chi connectivity index (χ1v) is 8.54. The highest BCUT2D eigenvalue weighted by Gasteiger charge is 2.12. The van der Waals surface area contributed by atoms with Crippen LogP contribution < -0.4 is 10.3 Å². The summed E-state index contributed by atoms with van der Waals surface area (Å²) in [5.74, 6) is 1.48. The highest BCUT2D eigenvalue weighted by atomic mass is 32.2. The summed E-state index contributed by atoms with van der Waals surface area (Å²) in [6.45, 7) is 3.23. The minimum absolute atomic E-state index is 0.196. The first-order valence-electron chi connectivity index (χ1n) is 7.56. The zero-order valence-corrected chi connectivity index (χ0v) is 14.3. The van der Waals surface area contributed by atoms with E-state index in [0.717, 1.165) is 17.2 Å². The Morgan fingerprint density at radius 3 is 2.79 bits per heavy atom. The molecule has 0 radical (unpaired) electrons. The molecule has 0 fully saturated rings. The average Bonchev–Trinajstić information content (AvgIpc) is 3.03. The van der Waals surface area contributed by atoms with Crippen molar-refractivity contribution >= 4 is 22.8 Å². The van der Waals surface area contributed by atoms with E-state index < -0.39 is 0 Å². The summed E-state index contributed by atoms with van der Waals surface area (Å²) in [4.78, 5) is 19.5. The number of methoxy groups -OCH3 is 1. The second-order valence-electron chi connectivity index (χ2n) is 4.91. The van der Waals surface area contributed by atoms with Gasteiger partial charge in [-0.1, -0.05) is 11.8 Å². The van der Waals surface area contributed by atoms with Crippen molar-refractivity contribution in [1.82, 2.24) is 19.7 Å². The van der Waals surface area contributed by atoms with Crippen molar-refractivity contribution in [3.63, 3.8) is 0 Å². The second kappa shape index (κ2) is 7.50. The topological polar surface area (TPSA) is 82.0 Å². The Morgan fingerprint density at radius 2 is 2.08 bits per heavy atom. The Morgan fingerprint density at radius 1 is 1.29 bits per heavy atom. The molecule has 0 aliphatic heterocycles. The van der Waals surface area contributed by atoms with Gasteiger partial charge in [-0.05, 0) is 31.2 Å². The molecular formula is C16H18N4O3S. The fraction of sp³-hybridized carbons (Fsp3) is 0.312. The van der Waals surface area contributed by atoms with Crippen LogP contribution in [-0.4, -0.2) is 45.8 Å². The second-order valence-corrected chi connectivity index (χ2v) is 5.99. The predicted molar refractivity (Wildman–Crippen MR) is 93.3 cm³/mol. The Hall–Kier alpha value is -2.32. The quantitative estimate of drug-likeness (QED) is 0.401. The van der Waals surface area contributed by atoms with E-state index >= 15 is 0 Å². The lowest BCUT2D eigenvalue weighted by Gasteiger charge is -2.06. The van der Waals surface area contributed by atoms with Crippen molar-refractivity contribution in [2.45, 2.75) is 12.1 Å². The summed E-state index contributed by atoms with van der Waals surface area (Å²) in [5.41, 5.74) is 1.15. The molecule has 0 spiro atoms. The molecule has 1 N–H and O–H groups in total. The van der Waals surface area contributed by atoms with Crippen LogP contribution in [0.3, 0.4) is 0 Å². The number of hydrogen-bond donors (Lipinski definition) is 1. The van der Waals surface area contributed by atoms with Crippen molar-refractivity contribution < 1.29 is 9.47 Å². The Bertz CT molecular complexity index is 873. The maximum Gasteiger partial charge on any atom is 0.262 e. The number of aromatic amines is 1. The molecule has 3 aromatic rings. The van der Waals surface area contributed by atoms with Crippen molar-refractivity contribution in [3.8, 4) is 11.4 Å². The third-order valence-corrected chi connectivity index (χ3v) is 4.24. The molecule has 7 nitrogen and oxygen atoms in total. The standard InChI is InChI=1S/C16H18N4O3S/c1-3-23-8-9-24-16-18-14-13(15(21)19-16)10-17-20(14)11-4-6-12(22-2)7-5-11/h4-7,10H,3,8-9H2,1-2H3,(H,18,19,21). The molecule has 0 aliphatic carbocycles. The highest BCUT2D eigenvalue weighted by Crippen LogP contribution is 2.19. The lowest BCUT2D eigenvalue weighted by molar-refractivity contribution is 0.164. The van der Waals surface area contributed by atoms with E-state index in [-0.39, 0.29) is 5.56 Å². The van der Waals surface area contributed by atoms with Crippen LogP contribution in [0, 0.1) is 0 Å². The maximum atomic E-state index is 12.2. The van der Waals surface area contributed by atoms with Gasteiger partial charge in [-0.3, -0.25) is 4.79 Å². The Labute approximate surface area is 143 Å². The first-order chi connectivity index (χ1) is 11.7. The van der Waals surface area contributed by atoms with Crippen LogP contribution in [0.4, 0.5) is 0 Å². The van der Waals surface area contributed by atoms with Crippen molar-refractivity contribution in [2.24, 2.45) is 0 Å². The monoisotopic (exact) mass is 346 g/mol. The van der Waals surface area contributed by atoms with Gasteiger partial charge >= 0.3 is 0 Å². The molecule has 0 bridgehead atoms. The molecule has 0 saturated heterocycles. The van der Waals surface area contributed by atoms with Crippen molar-refractivity contribution in [1.29, 1.82) is 0 Å². The van der Waals surface area contributed by atoms with Crippen molar-refractivity contribution in [2.75, 3.05) is 26.1 Å². The van der Waals surface area contributed by atoms with Gasteiger partial charge < -0.3 is 14.5 Å². The SMILES string of the molecule is CCOCCSc1nc2c(cnn2-c2ccc(OC)cc2)c(=O)[nH]1. The minimum Gasteiger partial charge on any atom is -0.497 e. The summed E-state index contributed by atoms with van der Waals surface area (Å²) in [6, 6.07) is 7.42. The van der Waals surface area contributed by atoms with E-state index in [4.69, 9.17) is 9.47 Å². The summed E-state index contributed by atoms with van der Waals surface area (Å²) in [6.07, 6.45) is 1.53. The molecule has 0 unspecified atom stereocenters. The normalized spacial score (nSPS) is 11.1. The van der Waals surface area contributed by atoms with Crippen LogP contribution in [0.15, 0.2) is 40.4 Å². The number of aromatic nitrogens is 4. The van der Waals surface area contributed by atoms with Crippen LogP contribution in [0.5, 0.6) is 5.75 Å². The van der Waals surface area contributed by atoms with E-state index in [1.165, 1.54) is 18.0 Å². The van der Waals surface area contributed by atoms with Gasteiger partial charge in [0.2, 0.25) is 0 Å². The van der Waals surface area contributed by atoms with Crippen LogP contribution in [0.1, 0.15) is 6.92 Å². The van der Waals surface area contributed by atoms with E-state index in [1.807, 2.05) is 31.2 Å². The van der Waals surface area contributed by atoms with Gasteiger partial charge in [-0.25, -0.2) is 9.67 Å². The molecular weight excluding hydrogens is 328 g/mol. The van der Waals surface area contributed by atoms with Gasteiger partial charge in [0.15, 0.2) is 10.8 Å². The molecule has 2 heterocycles. The highest BCUT2D eigenvalue weighted by molar-refractivity contribution is 7.99. The Balaban J connectivity index is 1.93. The molecule has 2 aromatic heterocycles. The van der Waals surface area contributed by atoms with Crippen LogP contribution in [-0.2, 0) is 4.74 Å². The first kappa shape index (κ1) is 16.5. The fourth-order valence-corrected chi connectivity index (χ4v) is 2.93. The summed E-state index contributed by atoms with van der Waals surface area (Å²) < 4.78 is 12.1. The summed E-state index contributed by atoms with van der Waals surface area (Å²) >= 11 is 1.45. The third kappa shape index (κ3) is 3.44. The molecule has 8 heteroatoms. The smallest absolute Gasteiger partial charge is 0.262 e. The Kier molecular flexibility index (Phi) is 5.17. The van der Waals surface area contributed by atoms with Gasteiger partial charge in [0.05, 0.1) is 25.6 Å². The number of H-pyrrole nitrogens is 1. The van der Waals surface area contributed by atoms with E-state index in [1.54, 1.807) is 11.8 Å². The molecule has 1 aromatic carbocycles. The molecule has 3 rings (SSSR count). The number of nitrogens with zero attached hydrogens (tertiary/aromatic N) is 3. The number of thioether (sulfide) groups is 1. The maximum absolute atomic E-state index is 12.2. The van der Waals surface area contributed by atoms with Gasteiger partial charge in [0, 0.05) is 12.4 Å². The number of ether oxygens (including phenoxy) is 2. The van der Waals surface area contributed by atoms with Crippen molar-refractivity contribution in [3.05, 3.63) is 40.8 Å². The van der Waals surface area contributed by atoms with Crippen LogP contribution in [0.2, 0.25) is 0 Å². The van der Waals surface area contributed by atoms with E-state index in [2.05, 4.69) is 15.1 Å². The fourth-order valence-electron chi connectivity index (χ4n) is 2.22. The molecule has 126 valence electrons. The molecule has 0 aliphatic rings. The van der Waals surface area contributed by atoms with Gasteiger partial charge in [0.1, 0.15) is 11.1 Å². The van der Waals surface area contributed by atoms with Gasteiger partial charge in [0.25, 0.3) is 5.56 Å².